The van der Waals surface area contributed by atoms with Gasteiger partial charge in [-0.1, -0.05) is 31.5 Å². The molecule has 0 atom stereocenters. The molecule has 0 unspecified atom stereocenters. The van der Waals surface area contributed by atoms with Crippen molar-refractivity contribution in [2.75, 3.05) is 7.11 Å². The molecule has 2 rings (SSSR count). The number of methoxy groups -OCH3 is 1. The number of halogens is 2. The lowest BCUT2D eigenvalue weighted by atomic mass is 9.99. The molecular weight excluding hydrogens is 289 g/mol. The Labute approximate surface area is 129 Å². The van der Waals surface area contributed by atoms with E-state index in [2.05, 4.69) is 18.8 Å². The van der Waals surface area contributed by atoms with Crippen LogP contribution in [-0.2, 0) is 0 Å². The molecule has 0 spiro atoms. The fourth-order valence-corrected chi connectivity index (χ4v) is 2.57. The summed E-state index contributed by atoms with van der Waals surface area (Å²) in [5.74, 6) is 0.642. The molecule has 4 heteroatoms. The van der Waals surface area contributed by atoms with E-state index in [1.165, 1.54) is 6.07 Å². The van der Waals surface area contributed by atoms with Gasteiger partial charge in [0.05, 0.1) is 12.8 Å². The summed E-state index contributed by atoms with van der Waals surface area (Å²) in [6.45, 7) is 4.12. The molecule has 0 aliphatic heterocycles. The van der Waals surface area contributed by atoms with Gasteiger partial charge in [0.2, 0.25) is 0 Å². The van der Waals surface area contributed by atoms with Gasteiger partial charge in [-0.05, 0) is 41.8 Å². The topological polar surface area (TPSA) is 22.1 Å². The van der Waals surface area contributed by atoms with E-state index in [0.29, 0.717) is 10.7 Å². The van der Waals surface area contributed by atoms with Gasteiger partial charge in [-0.2, -0.15) is 0 Å². The van der Waals surface area contributed by atoms with Crippen LogP contribution in [0.5, 0.6) is 5.75 Å². The molecule has 0 amide bonds. The summed E-state index contributed by atoms with van der Waals surface area (Å²) < 4.78 is 18.9. The monoisotopic (exact) mass is 305 g/mol. The Balaban J connectivity index is 2.38. The van der Waals surface area contributed by atoms with Gasteiger partial charge in [-0.25, -0.2) is 4.39 Å². The Morgan fingerprint density at radius 1 is 1.29 bits per heavy atom. The molecule has 1 heterocycles. The Hall–Kier alpha value is -1.87. The molecule has 2 aromatic rings. The van der Waals surface area contributed by atoms with Gasteiger partial charge < -0.3 is 4.74 Å². The van der Waals surface area contributed by atoms with Crippen LogP contribution in [0.25, 0.3) is 12.2 Å². The van der Waals surface area contributed by atoms with Crippen LogP contribution in [0, 0.1) is 5.82 Å². The van der Waals surface area contributed by atoms with Gasteiger partial charge in [0.25, 0.3) is 0 Å². The number of hydrogen-bond donors (Lipinski definition) is 0. The Kier molecular flexibility index (Phi) is 4.97. The number of ether oxygens (including phenoxy) is 1. The summed E-state index contributed by atoms with van der Waals surface area (Å²) >= 11 is 6.32. The first-order valence-corrected chi connectivity index (χ1v) is 7.06. The minimum absolute atomic E-state index is 0.263. The van der Waals surface area contributed by atoms with Crippen molar-refractivity contribution in [3.63, 3.8) is 0 Å². The van der Waals surface area contributed by atoms with E-state index < -0.39 is 0 Å². The zero-order valence-electron chi connectivity index (χ0n) is 12.2. The van der Waals surface area contributed by atoms with Crippen LogP contribution in [0.2, 0.25) is 5.02 Å². The maximum atomic E-state index is 13.5. The molecule has 0 radical (unpaired) electrons. The SMILES string of the molecule is COc1cc(/C=C/c2ncccc2F)cc(Cl)c1C(C)C. The van der Waals surface area contributed by atoms with E-state index in [0.717, 1.165) is 16.9 Å². The molecule has 0 N–H and O–H groups in total. The quantitative estimate of drug-likeness (QED) is 0.777. The predicted octanol–water partition coefficient (Wildman–Crippen LogP) is 5.18. The van der Waals surface area contributed by atoms with Crippen LogP contribution in [0.4, 0.5) is 4.39 Å². The van der Waals surface area contributed by atoms with E-state index in [-0.39, 0.29) is 11.7 Å². The standard InChI is InChI=1S/C17H17ClFNO/c1-11(2)17-13(18)9-12(10-16(17)21-3)6-7-15-14(19)5-4-8-20-15/h4-11H,1-3H3/b7-6+. The van der Waals surface area contributed by atoms with Crippen molar-refractivity contribution in [3.05, 3.63) is 58.1 Å². The lowest BCUT2D eigenvalue weighted by Gasteiger charge is -2.14. The molecule has 2 nitrogen and oxygen atoms in total. The second kappa shape index (κ2) is 6.72. The number of hydrogen-bond acceptors (Lipinski definition) is 2. The smallest absolute Gasteiger partial charge is 0.148 e. The fourth-order valence-electron chi connectivity index (χ4n) is 2.13. The zero-order valence-corrected chi connectivity index (χ0v) is 13.0. The average molecular weight is 306 g/mol. The zero-order chi connectivity index (χ0) is 15.4. The highest BCUT2D eigenvalue weighted by molar-refractivity contribution is 6.31. The second-order valence-electron chi connectivity index (χ2n) is 4.98. The molecule has 0 fully saturated rings. The highest BCUT2D eigenvalue weighted by atomic mass is 35.5. The highest BCUT2D eigenvalue weighted by Crippen LogP contribution is 2.35. The molecule has 0 aliphatic rings. The van der Waals surface area contributed by atoms with Crippen molar-refractivity contribution in [2.45, 2.75) is 19.8 Å². The molecule has 110 valence electrons. The maximum absolute atomic E-state index is 13.5. The summed E-state index contributed by atoms with van der Waals surface area (Å²) in [6.07, 6.45) is 4.94. The van der Waals surface area contributed by atoms with Gasteiger partial charge >= 0.3 is 0 Å². The van der Waals surface area contributed by atoms with Crippen LogP contribution in [0.1, 0.15) is 36.6 Å². The highest BCUT2D eigenvalue weighted by Gasteiger charge is 2.13. The normalized spacial score (nSPS) is 11.3. The summed E-state index contributed by atoms with van der Waals surface area (Å²) in [7, 11) is 1.61. The van der Waals surface area contributed by atoms with Crippen LogP contribution >= 0.6 is 11.6 Å². The number of aromatic nitrogens is 1. The third kappa shape index (κ3) is 3.61. The first-order chi connectivity index (χ1) is 10.0. The van der Waals surface area contributed by atoms with Gasteiger partial charge in [0.15, 0.2) is 0 Å². The van der Waals surface area contributed by atoms with Crippen molar-refractivity contribution in [1.82, 2.24) is 4.98 Å². The van der Waals surface area contributed by atoms with Gasteiger partial charge in [-0.15, -0.1) is 0 Å². The molecule has 21 heavy (non-hydrogen) atoms. The molecule has 1 aromatic carbocycles. The lowest BCUT2D eigenvalue weighted by molar-refractivity contribution is 0.407. The van der Waals surface area contributed by atoms with Gasteiger partial charge in [0.1, 0.15) is 11.6 Å². The summed E-state index contributed by atoms with van der Waals surface area (Å²) in [4.78, 5) is 3.98. The molecule has 0 saturated carbocycles. The van der Waals surface area contributed by atoms with Crippen LogP contribution < -0.4 is 4.74 Å². The van der Waals surface area contributed by atoms with E-state index in [9.17, 15) is 4.39 Å². The number of benzene rings is 1. The average Bonchev–Trinajstić information content (AvgIpc) is 2.45. The minimum atomic E-state index is -0.356. The maximum Gasteiger partial charge on any atom is 0.148 e. The van der Waals surface area contributed by atoms with Crippen molar-refractivity contribution in [3.8, 4) is 5.75 Å². The second-order valence-corrected chi connectivity index (χ2v) is 5.38. The van der Waals surface area contributed by atoms with Crippen LogP contribution in [0.3, 0.4) is 0 Å². The third-order valence-electron chi connectivity index (χ3n) is 3.13. The van der Waals surface area contributed by atoms with Crippen LogP contribution in [0.15, 0.2) is 30.5 Å². The molecular formula is C17H17ClFNO. The molecule has 0 saturated heterocycles. The Morgan fingerprint density at radius 2 is 2.05 bits per heavy atom. The van der Waals surface area contributed by atoms with Crippen molar-refractivity contribution in [1.29, 1.82) is 0 Å². The Bertz CT molecular complexity index is 668. The lowest BCUT2D eigenvalue weighted by Crippen LogP contribution is -1.96. The Morgan fingerprint density at radius 3 is 2.67 bits per heavy atom. The summed E-state index contributed by atoms with van der Waals surface area (Å²) in [5, 5.41) is 0.644. The van der Waals surface area contributed by atoms with Gasteiger partial charge in [0, 0.05) is 16.8 Å². The van der Waals surface area contributed by atoms with Crippen molar-refractivity contribution in [2.24, 2.45) is 0 Å². The minimum Gasteiger partial charge on any atom is -0.496 e. The predicted molar refractivity (Wildman–Crippen MR) is 85.2 cm³/mol. The molecule has 1 aromatic heterocycles. The largest absolute Gasteiger partial charge is 0.496 e. The van der Waals surface area contributed by atoms with Crippen molar-refractivity contribution < 1.29 is 9.13 Å². The summed E-state index contributed by atoms with van der Waals surface area (Å²) in [6, 6.07) is 6.67. The molecule has 0 bridgehead atoms. The number of pyridine rings is 1. The fraction of sp³-hybridized carbons (Fsp3) is 0.235. The third-order valence-corrected chi connectivity index (χ3v) is 3.44. The van der Waals surface area contributed by atoms with E-state index in [1.807, 2.05) is 12.1 Å². The summed E-state index contributed by atoms with van der Waals surface area (Å²) in [5.41, 5.74) is 2.10. The van der Waals surface area contributed by atoms with E-state index >= 15 is 0 Å². The van der Waals surface area contributed by atoms with Crippen molar-refractivity contribution >= 4 is 23.8 Å². The first kappa shape index (κ1) is 15.5. The van der Waals surface area contributed by atoms with E-state index in [4.69, 9.17) is 16.3 Å². The number of nitrogens with zero attached hydrogens (tertiary/aromatic N) is 1. The molecule has 0 aliphatic carbocycles. The number of rotatable bonds is 4. The van der Waals surface area contributed by atoms with Crippen LogP contribution in [-0.4, -0.2) is 12.1 Å². The van der Waals surface area contributed by atoms with Gasteiger partial charge in [-0.3, -0.25) is 4.98 Å². The van der Waals surface area contributed by atoms with E-state index in [1.54, 1.807) is 31.5 Å². The first-order valence-electron chi connectivity index (χ1n) is 6.69.